The van der Waals surface area contributed by atoms with Crippen molar-refractivity contribution in [1.29, 1.82) is 5.26 Å². The van der Waals surface area contributed by atoms with E-state index in [1.54, 1.807) is 18.2 Å². The second-order valence-electron chi connectivity index (χ2n) is 5.38. The van der Waals surface area contributed by atoms with Gasteiger partial charge in [0, 0.05) is 11.6 Å². The molecule has 0 aliphatic rings. The molecule has 10 heteroatoms. The highest BCUT2D eigenvalue weighted by Crippen LogP contribution is 2.39. The number of anilines is 3. The van der Waals surface area contributed by atoms with Crippen LogP contribution in [0.15, 0.2) is 36.8 Å². The van der Waals surface area contributed by atoms with Crippen molar-refractivity contribution in [3.63, 3.8) is 0 Å². The van der Waals surface area contributed by atoms with E-state index in [1.807, 2.05) is 0 Å². The van der Waals surface area contributed by atoms with E-state index in [2.05, 4.69) is 31.3 Å². The van der Waals surface area contributed by atoms with Gasteiger partial charge in [-0.05, 0) is 12.1 Å². The lowest BCUT2D eigenvalue weighted by atomic mass is 10.1. The van der Waals surface area contributed by atoms with Gasteiger partial charge in [0.15, 0.2) is 11.6 Å². The fourth-order valence-electron chi connectivity index (χ4n) is 2.48. The van der Waals surface area contributed by atoms with E-state index in [-0.39, 0.29) is 11.3 Å². The summed E-state index contributed by atoms with van der Waals surface area (Å²) in [6.45, 7) is 0. The minimum Gasteiger partial charge on any atom is -0.384 e. The van der Waals surface area contributed by atoms with Crippen LogP contribution in [0.2, 0.25) is 5.02 Å². The number of nitriles is 1. The summed E-state index contributed by atoms with van der Waals surface area (Å²) in [5, 5.41) is 13.1. The first-order chi connectivity index (χ1) is 13.1. The standard InChI is InChI=1S/C17H9ClFN7S/c18-9-3-1-2-8(5-20)13(9)17-26-14-10(19)6-22-16(15(14)27-17)25-12-4-11(21)23-7-24-12/h1-4,6-7H,(H3,21,22,23,24,25). The maximum Gasteiger partial charge on any atom is 0.168 e. The van der Waals surface area contributed by atoms with Crippen molar-refractivity contribution in [2.45, 2.75) is 0 Å². The molecule has 0 saturated carbocycles. The molecule has 3 aromatic heterocycles. The number of benzene rings is 1. The quantitative estimate of drug-likeness (QED) is 0.534. The number of aromatic nitrogens is 4. The van der Waals surface area contributed by atoms with Crippen LogP contribution in [-0.2, 0) is 0 Å². The summed E-state index contributed by atoms with van der Waals surface area (Å²) in [5.41, 5.74) is 6.59. The van der Waals surface area contributed by atoms with Crippen LogP contribution in [0.3, 0.4) is 0 Å². The number of nitrogen functional groups attached to an aromatic ring is 1. The molecule has 132 valence electrons. The molecule has 3 N–H and O–H groups in total. The first-order valence-electron chi connectivity index (χ1n) is 7.55. The Kier molecular flexibility index (Phi) is 4.27. The summed E-state index contributed by atoms with van der Waals surface area (Å²) in [5.74, 6) is 0.475. The molecular weight excluding hydrogens is 389 g/mol. The predicted octanol–water partition coefficient (Wildman–Crippen LogP) is 4.14. The number of thiazole rings is 1. The van der Waals surface area contributed by atoms with E-state index in [1.165, 1.54) is 23.7 Å². The number of nitrogens with one attached hydrogen (secondary N) is 1. The molecule has 0 amide bonds. The third-order valence-corrected chi connectivity index (χ3v) is 5.05. The van der Waals surface area contributed by atoms with Crippen molar-refractivity contribution < 1.29 is 4.39 Å². The molecule has 4 aromatic rings. The third kappa shape index (κ3) is 3.12. The van der Waals surface area contributed by atoms with Gasteiger partial charge in [0.25, 0.3) is 0 Å². The molecule has 4 rings (SSSR count). The molecule has 0 bridgehead atoms. The Labute approximate surface area is 161 Å². The van der Waals surface area contributed by atoms with E-state index < -0.39 is 5.82 Å². The summed E-state index contributed by atoms with van der Waals surface area (Å²) in [4.78, 5) is 16.3. The maximum absolute atomic E-state index is 14.3. The highest BCUT2D eigenvalue weighted by molar-refractivity contribution is 7.22. The van der Waals surface area contributed by atoms with Crippen LogP contribution in [0.4, 0.5) is 21.8 Å². The normalized spacial score (nSPS) is 10.7. The van der Waals surface area contributed by atoms with Crippen molar-refractivity contribution in [2.75, 3.05) is 11.1 Å². The number of fused-ring (bicyclic) bond motifs is 1. The number of pyridine rings is 1. The van der Waals surface area contributed by atoms with Crippen molar-refractivity contribution in [1.82, 2.24) is 19.9 Å². The predicted molar refractivity (Wildman–Crippen MR) is 102 cm³/mol. The summed E-state index contributed by atoms with van der Waals surface area (Å²) in [6.07, 6.45) is 2.37. The van der Waals surface area contributed by atoms with Crippen LogP contribution in [-0.4, -0.2) is 19.9 Å². The molecule has 0 fully saturated rings. The topological polar surface area (TPSA) is 113 Å². The second kappa shape index (κ2) is 6.75. The Morgan fingerprint density at radius 3 is 2.89 bits per heavy atom. The first kappa shape index (κ1) is 17.1. The van der Waals surface area contributed by atoms with Gasteiger partial charge in [-0.15, -0.1) is 11.3 Å². The van der Waals surface area contributed by atoms with Crippen LogP contribution in [0, 0.1) is 17.1 Å². The molecule has 27 heavy (non-hydrogen) atoms. The van der Waals surface area contributed by atoms with Crippen molar-refractivity contribution >= 4 is 50.6 Å². The van der Waals surface area contributed by atoms with Crippen LogP contribution < -0.4 is 11.1 Å². The lowest BCUT2D eigenvalue weighted by molar-refractivity contribution is 0.632. The number of hydrogen-bond acceptors (Lipinski definition) is 8. The van der Waals surface area contributed by atoms with Gasteiger partial charge in [-0.1, -0.05) is 17.7 Å². The lowest BCUT2D eigenvalue weighted by Gasteiger charge is -2.05. The van der Waals surface area contributed by atoms with Gasteiger partial charge >= 0.3 is 0 Å². The van der Waals surface area contributed by atoms with Gasteiger partial charge in [-0.2, -0.15) is 5.26 Å². The van der Waals surface area contributed by atoms with E-state index in [0.717, 1.165) is 6.20 Å². The van der Waals surface area contributed by atoms with Gasteiger partial charge in [-0.25, -0.2) is 24.3 Å². The molecule has 0 atom stereocenters. The van der Waals surface area contributed by atoms with E-state index in [9.17, 15) is 9.65 Å². The fraction of sp³-hybridized carbons (Fsp3) is 0. The Balaban J connectivity index is 1.88. The van der Waals surface area contributed by atoms with Gasteiger partial charge in [0.2, 0.25) is 0 Å². The molecule has 1 aromatic carbocycles. The Hall–Kier alpha value is -3.35. The van der Waals surface area contributed by atoms with E-state index >= 15 is 0 Å². The smallest absolute Gasteiger partial charge is 0.168 e. The Morgan fingerprint density at radius 2 is 2.11 bits per heavy atom. The molecule has 0 saturated heterocycles. The number of nitrogens with zero attached hydrogens (tertiary/aromatic N) is 5. The summed E-state index contributed by atoms with van der Waals surface area (Å²) in [6, 6.07) is 8.57. The van der Waals surface area contributed by atoms with Crippen LogP contribution in [0.5, 0.6) is 0 Å². The van der Waals surface area contributed by atoms with Crippen molar-refractivity contribution in [3.05, 3.63) is 53.2 Å². The minimum absolute atomic E-state index is 0.123. The second-order valence-corrected chi connectivity index (χ2v) is 6.79. The lowest BCUT2D eigenvalue weighted by Crippen LogP contribution is -1.99. The molecule has 0 unspecified atom stereocenters. The van der Waals surface area contributed by atoms with E-state index in [0.29, 0.717) is 37.5 Å². The minimum atomic E-state index is -0.578. The average molecular weight is 398 g/mol. The Bertz CT molecular complexity index is 1220. The molecule has 0 aliphatic carbocycles. The Morgan fingerprint density at radius 1 is 1.26 bits per heavy atom. The molecule has 3 heterocycles. The van der Waals surface area contributed by atoms with E-state index in [4.69, 9.17) is 17.3 Å². The zero-order valence-corrected chi connectivity index (χ0v) is 15.0. The number of halogens is 2. The molecule has 0 radical (unpaired) electrons. The number of nitrogens with two attached hydrogens (primary N) is 1. The summed E-state index contributed by atoms with van der Waals surface area (Å²) < 4.78 is 14.8. The maximum atomic E-state index is 14.3. The van der Waals surface area contributed by atoms with Gasteiger partial charge < -0.3 is 11.1 Å². The zero-order valence-electron chi connectivity index (χ0n) is 13.4. The summed E-state index contributed by atoms with van der Waals surface area (Å²) >= 11 is 7.43. The average Bonchev–Trinajstić information content (AvgIpc) is 3.10. The highest BCUT2D eigenvalue weighted by Gasteiger charge is 2.19. The molecule has 0 aliphatic heterocycles. The monoisotopic (exact) mass is 397 g/mol. The van der Waals surface area contributed by atoms with Crippen molar-refractivity contribution in [2.24, 2.45) is 0 Å². The first-order valence-corrected chi connectivity index (χ1v) is 8.75. The summed E-state index contributed by atoms with van der Waals surface area (Å²) in [7, 11) is 0. The van der Waals surface area contributed by atoms with Crippen LogP contribution >= 0.6 is 22.9 Å². The van der Waals surface area contributed by atoms with Gasteiger partial charge in [0.05, 0.1) is 22.9 Å². The fourth-order valence-corrected chi connectivity index (χ4v) is 3.89. The highest BCUT2D eigenvalue weighted by atomic mass is 35.5. The number of rotatable bonds is 3. The van der Waals surface area contributed by atoms with Gasteiger partial charge in [0.1, 0.15) is 33.2 Å². The largest absolute Gasteiger partial charge is 0.384 e. The third-order valence-electron chi connectivity index (χ3n) is 3.66. The molecule has 7 nitrogen and oxygen atoms in total. The number of hydrogen-bond donors (Lipinski definition) is 2. The zero-order chi connectivity index (χ0) is 19.0. The van der Waals surface area contributed by atoms with Crippen LogP contribution in [0.1, 0.15) is 5.56 Å². The van der Waals surface area contributed by atoms with Crippen LogP contribution in [0.25, 0.3) is 20.8 Å². The molecular formula is C17H9ClFN7S. The SMILES string of the molecule is N#Cc1cccc(Cl)c1-c1nc2c(F)cnc(Nc3cc(N)ncn3)c2s1. The van der Waals surface area contributed by atoms with Gasteiger partial charge in [-0.3, -0.25) is 0 Å². The molecule has 0 spiro atoms. The van der Waals surface area contributed by atoms with Crippen molar-refractivity contribution in [3.8, 4) is 16.6 Å².